The highest BCUT2D eigenvalue weighted by molar-refractivity contribution is 6.28. The molecule has 2 aliphatic rings. The van der Waals surface area contributed by atoms with Gasteiger partial charge in [0.2, 0.25) is 5.79 Å². The molecule has 3 heterocycles. The Labute approximate surface area is 204 Å². The lowest BCUT2D eigenvalue weighted by atomic mass is 9.96. The highest BCUT2D eigenvalue weighted by atomic mass is 16.6. The quantitative estimate of drug-likeness (QED) is 0.285. The van der Waals surface area contributed by atoms with E-state index in [0.717, 1.165) is 4.90 Å². The Kier molecular flexibility index (Phi) is 5.84. The number of hydrogen-bond donors (Lipinski definition) is 3. The molecule has 0 radical (unpaired) electrons. The zero-order valence-corrected chi connectivity index (χ0v) is 19.0. The number of fused-ring (bicyclic) bond motifs is 1. The maximum Gasteiger partial charge on any atom is 0.324 e. The Bertz CT molecular complexity index is 1430. The van der Waals surface area contributed by atoms with Crippen molar-refractivity contribution in [2.45, 2.75) is 11.7 Å². The lowest BCUT2D eigenvalue weighted by Gasteiger charge is -2.23. The number of nitrogens with one attached hydrogen (secondary N) is 2. The van der Waals surface area contributed by atoms with Gasteiger partial charge in [-0.3, -0.25) is 14.9 Å². The van der Waals surface area contributed by atoms with Crippen LogP contribution < -0.4 is 15.5 Å². The van der Waals surface area contributed by atoms with E-state index < -0.39 is 23.6 Å². The van der Waals surface area contributed by atoms with Crippen molar-refractivity contribution in [2.75, 3.05) is 22.6 Å². The third kappa shape index (κ3) is 4.60. The number of carbonyl (C=O) groups is 3. The van der Waals surface area contributed by atoms with Crippen LogP contribution in [0.4, 0.5) is 22.0 Å². The number of carbonyl (C=O) groups excluding carboxylic acids is 3. The van der Waals surface area contributed by atoms with E-state index in [-0.39, 0.29) is 11.7 Å². The molecule has 0 atom stereocenters. The summed E-state index contributed by atoms with van der Waals surface area (Å²) in [5, 5.41) is 15.4. The summed E-state index contributed by atoms with van der Waals surface area (Å²) in [6, 6.07) is 9.30. The molecular weight excluding hydrogens is 464 g/mol. The van der Waals surface area contributed by atoms with Gasteiger partial charge in [-0.25, -0.2) is 24.6 Å². The molecule has 0 bridgehead atoms. The van der Waals surface area contributed by atoms with Gasteiger partial charge in [-0.05, 0) is 48.6 Å². The van der Waals surface area contributed by atoms with E-state index in [2.05, 4.69) is 25.6 Å². The van der Waals surface area contributed by atoms with Crippen LogP contribution >= 0.6 is 0 Å². The number of rotatable bonds is 5. The van der Waals surface area contributed by atoms with Gasteiger partial charge in [0.05, 0.1) is 17.6 Å². The summed E-state index contributed by atoms with van der Waals surface area (Å²) in [6.07, 6.45) is 10.5. The number of anilines is 3. The summed E-state index contributed by atoms with van der Waals surface area (Å²) in [5.74, 6) is -2.26. The predicted molar refractivity (Wildman–Crippen MR) is 131 cm³/mol. The highest BCUT2D eigenvalue weighted by Crippen LogP contribution is 2.27. The van der Waals surface area contributed by atoms with Gasteiger partial charge in [-0.2, -0.15) is 0 Å². The fourth-order valence-corrected chi connectivity index (χ4v) is 3.72. The molecule has 2 aromatic heterocycles. The largest absolute Gasteiger partial charge is 0.359 e. The molecule has 0 saturated carbocycles. The Hall–Kier alpha value is -4.74. The predicted octanol–water partition coefficient (Wildman–Crippen LogP) is 2.64. The number of aliphatic hydroxyl groups is 1. The second-order valence-electron chi connectivity index (χ2n) is 8.01. The molecule has 0 fully saturated rings. The first kappa shape index (κ1) is 23.0. The summed E-state index contributed by atoms with van der Waals surface area (Å²) in [6.45, 7) is 0. The SMILES string of the molecule is COC1(O)C=CC(c2ccc3ncc(NC(=O)Nc4ccc(N5C(=O)C=CC5=O)cc4)nc3n2)C=C1. The van der Waals surface area contributed by atoms with Gasteiger partial charge < -0.3 is 15.2 Å². The van der Waals surface area contributed by atoms with Gasteiger partial charge in [0, 0.05) is 30.9 Å². The number of hydrogen-bond acceptors (Lipinski definition) is 8. The molecule has 5 rings (SSSR count). The second-order valence-corrected chi connectivity index (χ2v) is 8.01. The summed E-state index contributed by atoms with van der Waals surface area (Å²) in [4.78, 5) is 50.3. The van der Waals surface area contributed by atoms with E-state index in [4.69, 9.17) is 4.74 Å². The molecule has 1 aliphatic heterocycles. The molecule has 0 unspecified atom stereocenters. The van der Waals surface area contributed by atoms with E-state index in [9.17, 15) is 19.5 Å². The highest BCUT2D eigenvalue weighted by Gasteiger charge is 2.25. The molecule has 11 heteroatoms. The number of imide groups is 1. The lowest BCUT2D eigenvalue weighted by Crippen LogP contribution is -2.29. The Morgan fingerprint density at radius 2 is 1.69 bits per heavy atom. The maximum atomic E-state index is 12.5. The smallest absolute Gasteiger partial charge is 0.324 e. The zero-order valence-electron chi connectivity index (χ0n) is 19.0. The van der Waals surface area contributed by atoms with Crippen molar-refractivity contribution in [1.29, 1.82) is 0 Å². The van der Waals surface area contributed by atoms with Gasteiger partial charge in [0.25, 0.3) is 11.8 Å². The fourth-order valence-electron chi connectivity index (χ4n) is 3.72. The second kappa shape index (κ2) is 9.13. The number of urea groups is 1. The summed E-state index contributed by atoms with van der Waals surface area (Å²) in [5.41, 5.74) is 2.44. The average molecular weight is 484 g/mol. The molecule has 3 aromatic rings. The number of amides is 4. The topological polar surface area (TPSA) is 147 Å². The van der Waals surface area contributed by atoms with Crippen molar-refractivity contribution < 1.29 is 24.2 Å². The van der Waals surface area contributed by atoms with E-state index in [1.807, 2.05) is 6.07 Å². The van der Waals surface area contributed by atoms with Gasteiger partial charge in [0.15, 0.2) is 11.5 Å². The van der Waals surface area contributed by atoms with Crippen molar-refractivity contribution in [2.24, 2.45) is 0 Å². The third-order valence-electron chi connectivity index (χ3n) is 5.62. The van der Waals surface area contributed by atoms with Crippen LogP contribution in [-0.4, -0.2) is 50.8 Å². The van der Waals surface area contributed by atoms with Crippen LogP contribution in [0.15, 0.2) is 79.1 Å². The van der Waals surface area contributed by atoms with Crippen molar-refractivity contribution in [1.82, 2.24) is 15.0 Å². The minimum absolute atomic E-state index is 0.184. The van der Waals surface area contributed by atoms with Gasteiger partial charge in [-0.15, -0.1) is 0 Å². The fraction of sp³-hybridized carbons (Fsp3) is 0.120. The van der Waals surface area contributed by atoms with Crippen LogP contribution in [-0.2, 0) is 14.3 Å². The van der Waals surface area contributed by atoms with Crippen molar-refractivity contribution in [3.63, 3.8) is 0 Å². The molecule has 0 saturated heterocycles. The molecule has 4 amide bonds. The number of pyridine rings is 1. The van der Waals surface area contributed by atoms with Crippen LogP contribution in [0.1, 0.15) is 11.6 Å². The van der Waals surface area contributed by atoms with E-state index in [0.29, 0.717) is 28.2 Å². The summed E-state index contributed by atoms with van der Waals surface area (Å²) >= 11 is 0. The molecule has 3 N–H and O–H groups in total. The average Bonchev–Trinajstić information content (AvgIpc) is 3.22. The van der Waals surface area contributed by atoms with Crippen LogP contribution in [0.3, 0.4) is 0 Å². The van der Waals surface area contributed by atoms with Gasteiger partial charge in [0.1, 0.15) is 5.52 Å². The molecule has 36 heavy (non-hydrogen) atoms. The van der Waals surface area contributed by atoms with Gasteiger partial charge >= 0.3 is 6.03 Å². The van der Waals surface area contributed by atoms with Crippen molar-refractivity contribution in [3.8, 4) is 0 Å². The summed E-state index contributed by atoms with van der Waals surface area (Å²) in [7, 11) is 1.41. The Morgan fingerprint density at radius 3 is 2.36 bits per heavy atom. The number of benzene rings is 1. The normalized spacial score (nSPS) is 20.8. The summed E-state index contributed by atoms with van der Waals surface area (Å²) < 4.78 is 5.03. The lowest BCUT2D eigenvalue weighted by molar-refractivity contribution is -0.120. The van der Waals surface area contributed by atoms with Crippen molar-refractivity contribution in [3.05, 3.63) is 84.7 Å². The minimum Gasteiger partial charge on any atom is -0.359 e. The van der Waals surface area contributed by atoms with Crippen LogP contribution in [0.25, 0.3) is 11.2 Å². The van der Waals surface area contributed by atoms with Crippen LogP contribution in [0, 0.1) is 0 Å². The number of methoxy groups -OCH3 is 1. The zero-order chi connectivity index (χ0) is 25.3. The number of allylic oxidation sites excluding steroid dienone is 2. The number of nitrogens with zero attached hydrogens (tertiary/aromatic N) is 4. The van der Waals surface area contributed by atoms with E-state index >= 15 is 0 Å². The molecule has 0 spiro atoms. The van der Waals surface area contributed by atoms with Gasteiger partial charge in [-0.1, -0.05) is 12.2 Å². The van der Waals surface area contributed by atoms with Crippen molar-refractivity contribution >= 4 is 46.2 Å². The van der Waals surface area contributed by atoms with Crippen LogP contribution in [0.2, 0.25) is 0 Å². The molecule has 180 valence electrons. The van der Waals surface area contributed by atoms with Crippen LogP contribution in [0.5, 0.6) is 0 Å². The monoisotopic (exact) mass is 484 g/mol. The first-order valence-electron chi connectivity index (χ1n) is 10.9. The molecule has 11 nitrogen and oxygen atoms in total. The van der Waals surface area contributed by atoms with E-state index in [1.54, 1.807) is 54.6 Å². The first-order valence-corrected chi connectivity index (χ1v) is 10.9. The third-order valence-corrected chi connectivity index (χ3v) is 5.62. The Morgan fingerprint density at radius 1 is 1.00 bits per heavy atom. The number of aromatic nitrogens is 3. The number of ether oxygens (including phenoxy) is 1. The standard InChI is InChI=1S/C25H20N6O5/c1-36-25(35)12-10-15(11-13-25)18-6-7-19-23(28-18)29-20(14-26-19)30-24(34)27-16-2-4-17(5-3-16)31-21(32)8-9-22(31)33/h2-15,35H,1H3,(H2,27,28,29,30,34). The van der Waals surface area contributed by atoms with E-state index in [1.165, 1.54) is 25.5 Å². The molecular formula is C25H20N6O5. The molecule has 1 aromatic carbocycles. The maximum absolute atomic E-state index is 12.5. The minimum atomic E-state index is -1.43. The molecule has 1 aliphatic carbocycles. The Balaban J connectivity index is 1.26. The first-order chi connectivity index (χ1) is 17.3.